The van der Waals surface area contributed by atoms with E-state index in [-0.39, 0.29) is 5.91 Å². The van der Waals surface area contributed by atoms with Crippen LogP contribution in [0.2, 0.25) is 0 Å². The summed E-state index contributed by atoms with van der Waals surface area (Å²) in [4.78, 5) is 16.6. The molecule has 1 amide bonds. The third-order valence-electron chi connectivity index (χ3n) is 2.08. The third-order valence-corrected chi connectivity index (χ3v) is 3.13. The van der Waals surface area contributed by atoms with Crippen molar-refractivity contribution in [1.29, 1.82) is 0 Å². The Balaban J connectivity index is 2.34. The van der Waals surface area contributed by atoms with Crippen LogP contribution in [0.25, 0.3) is 0 Å². The second-order valence-corrected chi connectivity index (χ2v) is 4.59. The predicted molar refractivity (Wildman–Crippen MR) is 67.0 cm³/mol. The molecule has 1 heterocycles. The van der Waals surface area contributed by atoms with Crippen molar-refractivity contribution < 1.29 is 4.79 Å². The van der Waals surface area contributed by atoms with Crippen LogP contribution in [0.15, 0.2) is 6.20 Å². The Morgan fingerprint density at radius 1 is 1.44 bits per heavy atom. The second kappa shape index (κ2) is 7.35. The van der Waals surface area contributed by atoms with Crippen molar-refractivity contribution in [1.82, 2.24) is 15.6 Å². The van der Waals surface area contributed by atoms with E-state index in [0.717, 1.165) is 30.9 Å². The van der Waals surface area contributed by atoms with Crippen molar-refractivity contribution in [2.24, 2.45) is 0 Å². The molecule has 5 heteroatoms. The lowest BCUT2D eigenvalue weighted by atomic mass is 10.4. The fraction of sp³-hybridized carbons (Fsp3) is 0.636. The average Bonchev–Trinajstić information content (AvgIpc) is 2.73. The number of hydrogen-bond acceptors (Lipinski definition) is 4. The first-order chi connectivity index (χ1) is 7.77. The van der Waals surface area contributed by atoms with Gasteiger partial charge < -0.3 is 10.6 Å². The molecule has 16 heavy (non-hydrogen) atoms. The first kappa shape index (κ1) is 13.1. The van der Waals surface area contributed by atoms with E-state index in [1.165, 1.54) is 11.3 Å². The van der Waals surface area contributed by atoms with Gasteiger partial charge in [0.15, 0.2) is 0 Å². The van der Waals surface area contributed by atoms with E-state index >= 15 is 0 Å². The van der Waals surface area contributed by atoms with Gasteiger partial charge in [0.1, 0.15) is 4.88 Å². The fourth-order valence-corrected chi connectivity index (χ4v) is 2.21. The predicted octanol–water partition coefficient (Wildman–Crippen LogP) is 1.43. The molecule has 0 aliphatic heterocycles. The lowest BCUT2D eigenvalue weighted by Gasteiger charge is -2.02. The summed E-state index contributed by atoms with van der Waals surface area (Å²) in [5.41, 5.74) is 0. The zero-order valence-electron chi connectivity index (χ0n) is 9.88. The van der Waals surface area contributed by atoms with Crippen LogP contribution in [0.4, 0.5) is 0 Å². The molecule has 2 N–H and O–H groups in total. The zero-order valence-corrected chi connectivity index (χ0v) is 10.7. The third kappa shape index (κ3) is 4.28. The van der Waals surface area contributed by atoms with Crippen molar-refractivity contribution in [3.8, 4) is 0 Å². The topological polar surface area (TPSA) is 54.0 Å². The highest BCUT2D eigenvalue weighted by atomic mass is 32.1. The summed E-state index contributed by atoms with van der Waals surface area (Å²) in [6, 6.07) is 0. The van der Waals surface area contributed by atoms with Gasteiger partial charge in [-0.1, -0.05) is 13.8 Å². The van der Waals surface area contributed by atoms with Crippen LogP contribution in [0.3, 0.4) is 0 Å². The number of rotatable bonds is 7. The molecule has 90 valence electrons. The Kier molecular flexibility index (Phi) is 6.03. The van der Waals surface area contributed by atoms with Gasteiger partial charge in [-0.05, 0) is 19.4 Å². The van der Waals surface area contributed by atoms with Gasteiger partial charge in [-0.2, -0.15) is 0 Å². The van der Waals surface area contributed by atoms with Crippen molar-refractivity contribution in [3.05, 3.63) is 16.1 Å². The maximum atomic E-state index is 11.7. The molecule has 0 spiro atoms. The highest BCUT2D eigenvalue weighted by Crippen LogP contribution is 2.14. The normalized spacial score (nSPS) is 10.4. The van der Waals surface area contributed by atoms with E-state index in [2.05, 4.69) is 22.5 Å². The minimum atomic E-state index is -0.0160. The molecule has 0 aliphatic carbocycles. The largest absolute Gasteiger partial charge is 0.350 e. The Morgan fingerprint density at radius 3 is 2.94 bits per heavy atom. The molecule has 1 aromatic rings. The van der Waals surface area contributed by atoms with Gasteiger partial charge in [-0.3, -0.25) is 4.79 Å². The van der Waals surface area contributed by atoms with Gasteiger partial charge in [0.2, 0.25) is 0 Å². The second-order valence-electron chi connectivity index (χ2n) is 3.48. The Hall–Kier alpha value is -0.940. The molecule has 0 aromatic carbocycles. The maximum Gasteiger partial charge on any atom is 0.263 e. The molecular weight excluding hydrogens is 222 g/mol. The minimum absolute atomic E-state index is 0.0160. The first-order valence-corrected chi connectivity index (χ1v) is 6.53. The van der Waals surface area contributed by atoms with E-state index in [0.29, 0.717) is 11.4 Å². The van der Waals surface area contributed by atoms with Gasteiger partial charge in [0, 0.05) is 13.1 Å². The van der Waals surface area contributed by atoms with Crippen LogP contribution >= 0.6 is 11.3 Å². The van der Waals surface area contributed by atoms with E-state index in [1.54, 1.807) is 6.20 Å². The number of thiazole rings is 1. The van der Waals surface area contributed by atoms with Crippen LogP contribution in [0.5, 0.6) is 0 Å². The van der Waals surface area contributed by atoms with E-state index < -0.39 is 0 Å². The summed E-state index contributed by atoms with van der Waals surface area (Å²) >= 11 is 1.49. The van der Waals surface area contributed by atoms with Crippen molar-refractivity contribution in [3.63, 3.8) is 0 Å². The average molecular weight is 241 g/mol. The SMILES string of the molecule is CCCc1ncc(C(=O)NCCNCC)s1. The van der Waals surface area contributed by atoms with E-state index in [4.69, 9.17) is 0 Å². The van der Waals surface area contributed by atoms with Crippen LogP contribution in [-0.4, -0.2) is 30.5 Å². The van der Waals surface area contributed by atoms with E-state index in [9.17, 15) is 4.79 Å². The van der Waals surface area contributed by atoms with Gasteiger partial charge in [-0.15, -0.1) is 11.3 Å². The summed E-state index contributed by atoms with van der Waals surface area (Å²) in [6.07, 6.45) is 3.68. The Bertz CT molecular complexity index is 325. The number of nitrogens with zero attached hydrogens (tertiary/aromatic N) is 1. The summed E-state index contributed by atoms with van der Waals surface area (Å²) in [7, 11) is 0. The van der Waals surface area contributed by atoms with Gasteiger partial charge in [0.25, 0.3) is 5.91 Å². The van der Waals surface area contributed by atoms with Crippen LogP contribution in [0.1, 0.15) is 34.9 Å². The van der Waals surface area contributed by atoms with Crippen molar-refractivity contribution in [2.45, 2.75) is 26.7 Å². The molecule has 1 rings (SSSR count). The summed E-state index contributed by atoms with van der Waals surface area (Å²) in [5, 5.41) is 7.05. The molecule has 0 saturated heterocycles. The summed E-state index contributed by atoms with van der Waals surface area (Å²) in [5.74, 6) is -0.0160. The molecule has 4 nitrogen and oxygen atoms in total. The number of aryl methyl sites for hydroxylation is 1. The fourth-order valence-electron chi connectivity index (χ4n) is 1.27. The molecule has 0 saturated carbocycles. The van der Waals surface area contributed by atoms with Crippen LogP contribution in [0, 0.1) is 0 Å². The lowest BCUT2D eigenvalue weighted by molar-refractivity contribution is 0.0958. The first-order valence-electron chi connectivity index (χ1n) is 5.71. The molecule has 0 radical (unpaired) electrons. The monoisotopic (exact) mass is 241 g/mol. The lowest BCUT2D eigenvalue weighted by Crippen LogP contribution is -2.31. The Morgan fingerprint density at radius 2 is 2.25 bits per heavy atom. The van der Waals surface area contributed by atoms with Crippen LogP contribution < -0.4 is 10.6 Å². The number of nitrogens with one attached hydrogen (secondary N) is 2. The smallest absolute Gasteiger partial charge is 0.263 e. The molecule has 0 unspecified atom stereocenters. The maximum absolute atomic E-state index is 11.7. The summed E-state index contributed by atoms with van der Waals surface area (Å²) in [6.45, 7) is 6.55. The highest BCUT2D eigenvalue weighted by Gasteiger charge is 2.08. The zero-order chi connectivity index (χ0) is 11.8. The van der Waals surface area contributed by atoms with Crippen molar-refractivity contribution >= 4 is 17.2 Å². The molecule has 0 bridgehead atoms. The Labute approximate surface area is 100 Å². The van der Waals surface area contributed by atoms with E-state index in [1.807, 2.05) is 6.92 Å². The molecule has 0 aliphatic rings. The van der Waals surface area contributed by atoms with Gasteiger partial charge >= 0.3 is 0 Å². The number of aromatic nitrogens is 1. The number of carbonyl (C=O) groups is 1. The molecule has 0 atom stereocenters. The number of amides is 1. The number of carbonyl (C=O) groups excluding carboxylic acids is 1. The highest BCUT2D eigenvalue weighted by molar-refractivity contribution is 7.13. The quantitative estimate of drug-likeness (QED) is 0.710. The molecule has 1 aromatic heterocycles. The number of hydrogen-bond donors (Lipinski definition) is 2. The van der Waals surface area contributed by atoms with Gasteiger partial charge in [-0.25, -0.2) is 4.98 Å². The summed E-state index contributed by atoms with van der Waals surface area (Å²) < 4.78 is 0. The number of likely N-dealkylation sites (N-methyl/N-ethyl adjacent to an activating group) is 1. The van der Waals surface area contributed by atoms with Crippen molar-refractivity contribution in [2.75, 3.05) is 19.6 Å². The van der Waals surface area contributed by atoms with Crippen LogP contribution in [-0.2, 0) is 6.42 Å². The molecular formula is C11H19N3OS. The van der Waals surface area contributed by atoms with Gasteiger partial charge in [0.05, 0.1) is 11.2 Å². The molecule has 0 fully saturated rings. The standard InChI is InChI=1S/C11H19N3OS/c1-3-5-10-14-8-9(16-10)11(15)13-7-6-12-4-2/h8,12H,3-7H2,1-2H3,(H,13,15). The minimum Gasteiger partial charge on any atom is -0.350 e.